The number of carbonyl (C=O) groups excluding carboxylic acids is 2. The van der Waals surface area contributed by atoms with E-state index in [0.29, 0.717) is 17.1 Å². The largest absolute Gasteiger partial charge is 0.357 e. The first-order valence-corrected chi connectivity index (χ1v) is 11.7. The third kappa shape index (κ3) is 6.21. The molecule has 0 aromatic heterocycles. The van der Waals surface area contributed by atoms with Gasteiger partial charge in [0, 0.05) is 18.6 Å². The standard InChI is InChI=1S/C21H26ClN3O4S/c1-4-19(21(27)23-2)24(14-16-8-6-5-7-9-16)20(26)15-25(30(3,28)29)18-12-10-17(22)11-13-18/h5-13,19H,4,14-15H2,1-3H3,(H,23,27)/t19-/m0/s1. The van der Waals surface area contributed by atoms with Crippen LogP contribution in [0.1, 0.15) is 18.9 Å². The van der Waals surface area contributed by atoms with Crippen LogP contribution in [-0.2, 0) is 26.2 Å². The fraction of sp³-hybridized carbons (Fsp3) is 0.333. The van der Waals surface area contributed by atoms with Crippen LogP contribution in [0, 0.1) is 0 Å². The summed E-state index contributed by atoms with van der Waals surface area (Å²) >= 11 is 5.90. The molecule has 1 N–H and O–H groups in total. The number of halogens is 1. The fourth-order valence-electron chi connectivity index (χ4n) is 3.09. The molecule has 0 radical (unpaired) electrons. The van der Waals surface area contributed by atoms with E-state index in [9.17, 15) is 18.0 Å². The lowest BCUT2D eigenvalue weighted by molar-refractivity contribution is -0.140. The highest BCUT2D eigenvalue weighted by atomic mass is 35.5. The molecule has 2 amide bonds. The molecule has 2 rings (SSSR count). The molecule has 0 aliphatic carbocycles. The molecule has 9 heteroatoms. The molecule has 0 bridgehead atoms. The number of nitrogens with zero attached hydrogens (tertiary/aromatic N) is 2. The van der Waals surface area contributed by atoms with Crippen molar-refractivity contribution in [3.8, 4) is 0 Å². The Bertz CT molecular complexity index is 966. The van der Waals surface area contributed by atoms with Gasteiger partial charge in [-0.3, -0.25) is 13.9 Å². The van der Waals surface area contributed by atoms with E-state index in [4.69, 9.17) is 11.6 Å². The van der Waals surface area contributed by atoms with Crippen LogP contribution in [0.4, 0.5) is 5.69 Å². The lowest BCUT2D eigenvalue weighted by atomic mass is 10.1. The Hall–Kier alpha value is -2.58. The van der Waals surface area contributed by atoms with Crippen LogP contribution < -0.4 is 9.62 Å². The maximum atomic E-state index is 13.3. The minimum Gasteiger partial charge on any atom is -0.357 e. The van der Waals surface area contributed by atoms with Gasteiger partial charge in [-0.2, -0.15) is 0 Å². The summed E-state index contributed by atoms with van der Waals surface area (Å²) in [6, 6.07) is 14.7. The molecule has 7 nitrogen and oxygen atoms in total. The summed E-state index contributed by atoms with van der Waals surface area (Å²) in [5.74, 6) is -0.783. The number of hydrogen-bond acceptors (Lipinski definition) is 4. The number of carbonyl (C=O) groups is 2. The normalized spacial score (nSPS) is 12.1. The van der Waals surface area contributed by atoms with Gasteiger partial charge in [-0.1, -0.05) is 48.9 Å². The van der Waals surface area contributed by atoms with Gasteiger partial charge in [-0.25, -0.2) is 8.42 Å². The quantitative estimate of drug-likeness (QED) is 0.635. The monoisotopic (exact) mass is 451 g/mol. The van der Waals surface area contributed by atoms with E-state index in [1.54, 1.807) is 19.1 Å². The molecule has 0 heterocycles. The maximum absolute atomic E-state index is 13.3. The van der Waals surface area contributed by atoms with Crippen LogP contribution in [0.5, 0.6) is 0 Å². The van der Waals surface area contributed by atoms with Crippen molar-refractivity contribution in [2.75, 3.05) is 24.2 Å². The van der Waals surface area contributed by atoms with E-state index in [2.05, 4.69) is 5.32 Å². The predicted molar refractivity (Wildman–Crippen MR) is 119 cm³/mol. The lowest BCUT2D eigenvalue weighted by Crippen LogP contribution is -2.51. The van der Waals surface area contributed by atoms with Crippen molar-refractivity contribution in [1.82, 2.24) is 10.2 Å². The maximum Gasteiger partial charge on any atom is 0.244 e. The smallest absolute Gasteiger partial charge is 0.244 e. The minimum absolute atomic E-state index is 0.184. The zero-order valence-electron chi connectivity index (χ0n) is 17.2. The second kappa shape index (κ2) is 10.4. The highest BCUT2D eigenvalue weighted by molar-refractivity contribution is 7.92. The molecular weight excluding hydrogens is 426 g/mol. The fourth-order valence-corrected chi connectivity index (χ4v) is 4.06. The lowest BCUT2D eigenvalue weighted by Gasteiger charge is -2.32. The number of anilines is 1. The molecule has 0 aliphatic heterocycles. The molecule has 0 aliphatic rings. The molecule has 2 aromatic rings. The third-order valence-electron chi connectivity index (χ3n) is 4.62. The molecule has 0 saturated carbocycles. The van der Waals surface area contributed by atoms with Crippen LogP contribution in [0.2, 0.25) is 5.02 Å². The van der Waals surface area contributed by atoms with Crippen molar-refractivity contribution < 1.29 is 18.0 Å². The predicted octanol–water partition coefficient (Wildman–Crippen LogP) is 2.66. The Morgan fingerprint density at radius 1 is 1.07 bits per heavy atom. The van der Waals surface area contributed by atoms with E-state index < -0.39 is 28.5 Å². The molecule has 0 spiro atoms. The first-order chi connectivity index (χ1) is 14.2. The Morgan fingerprint density at radius 3 is 2.17 bits per heavy atom. The van der Waals surface area contributed by atoms with Gasteiger partial charge in [0.05, 0.1) is 11.9 Å². The Labute approximate surface area is 182 Å². The molecule has 0 saturated heterocycles. The summed E-state index contributed by atoms with van der Waals surface area (Å²) in [6.45, 7) is 1.56. The van der Waals surface area contributed by atoms with Crippen LogP contribution >= 0.6 is 11.6 Å². The van der Waals surface area contributed by atoms with Crippen molar-refractivity contribution in [2.24, 2.45) is 0 Å². The van der Waals surface area contributed by atoms with Gasteiger partial charge in [0.1, 0.15) is 12.6 Å². The van der Waals surface area contributed by atoms with Crippen LogP contribution in [0.25, 0.3) is 0 Å². The van der Waals surface area contributed by atoms with Crippen molar-refractivity contribution in [3.63, 3.8) is 0 Å². The van der Waals surface area contributed by atoms with Crippen LogP contribution in [-0.4, -0.2) is 51.0 Å². The molecule has 0 unspecified atom stereocenters. The summed E-state index contributed by atoms with van der Waals surface area (Å²) in [4.78, 5) is 27.1. The van der Waals surface area contributed by atoms with Gasteiger partial charge in [0.2, 0.25) is 21.8 Å². The number of rotatable bonds is 9. The third-order valence-corrected chi connectivity index (χ3v) is 6.01. The number of likely N-dealkylation sites (N-methyl/N-ethyl adjacent to an activating group) is 1. The first-order valence-electron chi connectivity index (χ1n) is 9.45. The molecular formula is C21H26ClN3O4S. The molecule has 2 aromatic carbocycles. The number of benzene rings is 2. The van der Waals surface area contributed by atoms with Crippen molar-refractivity contribution in [1.29, 1.82) is 0 Å². The summed E-state index contributed by atoms with van der Waals surface area (Å²) in [7, 11) is -2.24. The topological polar surface area (TPSA) is 86.8 Å². The highest BCUT2D eigenvalue weighted by Gasteiger charge is 2.31. The van der Waals surface area contributed by atoms with Crippen molar-refractivity contribution in [2.45, 2.75) is 25.9 Å². The van der Waals surface area contributed by atoms with Gasteiger partial charge in [0.25, 0.3) is 0 Å². The molecule has 1 atom stereocenters. The van der Waals surface area contributed by atoms with Gasteiger partial charge >= 0.3 is 0 Å². The van der Waals surface area contributed by atoms with Gasteiger partial charge < -0.3 is 10.2 Å². The van der Waals surface area contributed by atoms with Gasteiger partial charge in [-0.05, 0) is 36.2 Å². The molecule has 162 valence electrons. The zero-order valence-corrected chi connectivity index (χ0v) is 18.8. The van der Waals surface area contributed by atoms with E-state index >= 15 is 0 Å². The van der Waals surface area contributed by atoms with E-state index in [-0.39, 0.29) is 12.5 Å². The van der Waals surface area contributed by atoms with Gasteiger partial charge in [0.15, 0.2) is 0 Å². The first kappa shape index (κ1) is 23.7. The number of hydrogen-bond donors (Lipinski definition) is 1. The summed E-state index contributed by atoms with van der Waals surface area (Å²) in [6.07, 6.45) is 1.42. The van der Waals surface area contributed by atoms with E-state index in [1.807, 2.05) is 30.3 Å². The number of nitrogens with one attached hydrogen (secondary N) is 1. The molecule has 0 fully saturated rings. The summed E-state index contributed by atoms with van der Waals surface area (Å²) < 4.78 is 25.8. The number of amides is 2. The van der Waals surface area contributed by atoms with Crippen LogP contribution in [0.15, 0.2) is 54.6 Å². The van der Waals surface area contributed by atoms with E-state index in [1.165, 1.54) is 24.1 Å². The minimum atomic E-state index is -3.75. The molecule has 30 heavy (non-hydrogen) atoms. The second-order valence-electron chi connectivity index (χ2n) is 6.79. The zero-order chi connectivity index (χ0) is 22.3. The van der Waals surface area contributed by atoms with E-state index in [0.717, 1.165) is 16.1 Å². The van der Waals surface area contributed by atoms with Gasteiger partial charge in [-0.15, -0.1) is 0 Å². The summed E-state index contributed by atoms with van der Waals surface area (Å²) in [5, 5.41) is 3.03. The number of sulfonamides is 1. The SMILES string of the molecule is CC[C@@H](C(=O)NC)N(Cc1ccccc1)C(=O)CN(c1ccc(Cl)cc1)S(C)(=O)=O. The Morgan fingerprint density at radius 2 is 1.67 bits per heavy atom. The average Bonchev–Trinajstić information content (AvgIpc) is 2.72. The highest BCUT2D eigenvalue weighted by Crippen LogP contribution is 2.21. The van der Waals surface area contributed by atoms with Crippen LogP contribution in [0.3, 0.4) is 0 Å². The average molecular weight is 452 g/mol. The van der Waals surface area contributed by atoms with Crippen molar-refractivity contribution in [3.05, 3.63) is 65.2 Å². The Kier molecular flexibility index (Phi) is 8.25. The Balaban J connectivity index is 2.39. The second-order valence-corrected chi connectivity index (χ2v) is 9.13. The van der Waals surface area contributed by atoms with Crippen molar-refractivity contribution >= 4 is 39.1 Å². The summed E-state index contributed by atoms with van der Waals surface area (Å²) in [5.41, 5.74) is 1.16.